The number of aromatic nitrogens is 1. The van der Waals surface area contributed by atoms with Gasteiger partial charge < -0.3 is 20.4 Å². The van der Waals surface area contributed by atoms with Crippen molar-refractivity contribution in [2.24, 2.45) is 23.7 Å². The average Bonchev–Trinajstić information content (AvgIpc) is 2.69. The molecule has 1 amide bonds. The first kappa shape index (κ1) is 18.4. The summed E-state index contributed by atoms with van der Waals surface area (Å²) in [5, 5.41) is 23.3. The van der Waals surface area contributed by atoms with E-state index in [0.717, 1.165) is 63.9 Å². The van der Waals surface area contributed by atoms with Crippen LogP contribution in [0.3, 0.4) is 0 Å². The van der Waals surface area contributed by atoms with E-state index >= 15 is 0 Å². The number of carbonyl (C=O) groups excluding carboxylic acids is 1. The number of aliphatic hydroxyl groups is 2. The number of hydrogen-bond donors (Lipinski definition) is 3. The van der Waals surface area contributed by atoms with Crippen molar-refractivity contribution in [2.75, 3.05) is 24.6 Å². The predicted octanol–water partition coefficient (Wildman–Crippen LogP) is 1.96. The summed E-state index contributed by atoms with van der Waals surface area (Å²) < 4.78 is 0. The molecular weight excluding hydrogens is 354 g/mol. The first-order valence-corrected chi connectivity index (χ1v) is 10.9. The van der Waals surface area contributed by atoms with Gasteiger partial charge in [0.05, 0.1) is 5.60 Å². The van der Waals surface area contributed by atoms with Gasteiger partial charge >= 0.3 is 0 Å². The Hall–Kier alpha value is -1.66. The Morgan fingerprint density at radius 2 is 1.89 bits per heavy atom. The van der Waals surface area contributed by atoms with Gasteiger partial charge in [-0.15, -0.1) is 0 Å². The standard InChI is InChI=1S/C22H31N3O3/c26-13-14-4-6-25(7-5-14)19-3-1-2-18(23-19)21(27)24-20-16-8-15-9-17(20)12-22(28,10-15)11-16/h1-3,14-17,20,26,28H,4-13H2,(H,24,27)/t15?,16?,17?,20-,22-. The number of nitrogens with one attached hydrogen (secondary N) is 1. The molecule has 2 heterocycles. The molecule has 152 valence electrons. The molecular formula is C22H31N3O3. The second-order valence-electron chi connectivity index (χ2n) is 9.69. The largest absolute Gasteiger partial charge is 0.396 e. The molecule has 2 atom stereocenters. The molecule has 4 aliphatic carbocycles. The maximum atomic E-state index is 13.0. The normalized spacial score (nSPS) is 37.3. The second-order valence-corrected chi connectivity index (χ2v) is 9.69. The summed E-state index contributed by atoms with van der Waals surface area (Å²) >= 11 is 0. The Labute approximate surface area is 166 Å². The quantitative estimate of drug-likeness (QED) is 0.738. The Bertz CT molecular complexity index is 730. The van der Waals surface area contributed by atoms with Gasteiger partial charge in [-0.1, -0.05) is 6.07 Å². The fourth-order valence-electron chi connectivity index (χ4n) is 6.51. The van der Waals surface area contributed by atoms with E-state index in [0.29, 0.717) is 29.4 Å². The number of anilines is 1. The van der Waals surface area contributed by atoms with E-state index in [2.05, 4.69) is 15.2 Å². The van der Waals surface area contributed by atoms with Crippen LogP contribution in [0.4, 0.5) is 5.82 Å². The Morgan fingerprint density at radius 1 is 1.18 bits per heavy atom. The zero-order chi connectivity index (χ0) is 19.3. The third kappa shape index (κ3) is 3.30. The SMILES string of the molecule is O=C(N[C@H]1C2CC3CC1C[C@](O)(C3)C2)c1cccc(N2CCC(CO)CC2)n1. The summed E-state index contributed by atoms with van der Waals surface area (Å²) in [7, 11) is 0. The van der Waals surface area contributed by atoms with Gasteiger partial charge in [-0.2, -0.15) is 0 Å². The molecule has 1 aromatic rings. The van der Waals surface area contributed by atoms with Crippen molar-refractivity contribution >= 4 is 11.7 Å². The van der Waals surface area contributed by atoms with Gasteiger partial charge in [0.25, 0.3) is 5.91 Å². The molecule has 2 unspecified atom stereocenters. The molecule has 28 heavy (non-hydrogen) atoms. The van der Waals surface area contributed by atoms with Crippen molar-refractivity contribution in [1.29, 1.82) is 0 Å². The summed E-state index contributed by atoms with van der Waals surface area (Å²) in [6, 6.07) is 5.85. The second kappa shape index (κ2) is 6.99. The molecule has 0 spiro atoms. The molecule has 3 N–H and O–H groups in total. The third-order valence-electron chi connectivity index (χ3n) is 7.70. The molecule has 6 nitrogen and oxygen atoms in total. The number of nitrogens with zero attached hydrogens (tertiary/aromatic N) is 2. The van der Waals surface area contributed by atoms with Gasteiger partial charge in [0.1, 0.15) is 11.5 Å². The highest BCUT2D eigenvalue weighted by molar-refractivity contribution is 5.93. The maximum absolute atomic E-state index is 13.0. The fourth-order valence-corrected chi connectivity index (χ4v) is 6.51. The topological polar surface area (TPSA) is 85.7 Å². The van der Waals surface area contributed by atoms with Crippen LogP contribution in [0.1, 0.15) is 55.4 Å². The van der Waals surface area contributed by atoms with Crippen molar-refractivity contribution in [3.05, 3.63) is 23.9 Å². The minimum Gasteiger partial charge on any atom is -0.396 e. The first-order valence-electron chi connectivity index (χ1n) is 10.9. The van der Waals surface area contributed by atoms with Gasteiger partial charge in [0.15, 0.2) is 0 Å². The van der Waals surface area contributed by atoms with E-state index in [1.807, 2.05) is 12.1 Å². The summed E-state index contributed by atoms with van der Waals surface area (Å²) in [4.78, 5) is 19.8. The monoisotopic (exact) mass is 385 g/mol. The number of amides is 1. The summed E-state index contributed by atoms with van der Waals surface area (Å²) in [5.74, 6) is 2.59. The van der Waals surface area contributed by atoms with Crippen LogP contribution in [-0.2, 0) is 0 Å². The molecule has 5 aliphatic rings. The molecule has 5 fully saturated rings. The van der Waals surface area contributed by atoms with Crippen molar-refractivity contribution in [1.82, 2.24) is 10.3 Å². The zero-order valence-corrected chi connectivity index (χ0v) is 16.4. The van der Waals surface area contributed by atoms with Crippen molar-refractivity contribution < 1.29 is 15.0 Å². The average molecular weight is 386 g/mol. The molecule has 0 radical (unpaired) electrons. The lowest BCUT2D eigenvalue weighted by molar-refractivity contribution is -0.136. The van der Waals surface area contributed by atoms with Crippen LogP contribution in [0.15, 0.2) is 18.2 Å². The number of piperidine rings is 1. The summed E-state index contributed by atoms with van der Waals surface area (Å²) in [6.07, 6.45) is 6.82. The lowest BCUT2D eigenvalue weighted by Crippen LogP contribution is -2.61. The number of carbonyl (C=O) groups is 1. The molecule has 0 aromatic carbocycles. The number of rotatable bonds is 4. The number of pyridine rings is 1. The van der Waals surface area contributed by atoms with Gasteiger partial charge in [-0.25, -0.2) is 4.98 Å². The molecule has 6 heteroatoms. The van der Waals surface area contributed by atoms with Crippen LogP contribution < -0.4 is 10.2 Å². The smallest absolute Gasteiger partial charge is 0.270 e. The van der Waals surface area contributed by atoms with E-state index < -0.39 is 5.60 Å². The van der Waals surface area contributed by atoms with E-state index in [9.17, 15) is 15.0 Å². The van der Waals surface area contributed by atoms with Crippen LogP contribution >= 0.6 is 0 Å². The Kier molecular flexibility index (Phi) is 4.59. The summed E-state index contributed by atoms with van der Waals surface area (Å²) in [6.45, 7) is 2.00. The first-order chi connectivity index (χ1) is 13.5. The van der Waals surface area contributed by atoms with Gasteiger partial charge in [0, 0.05) is 25.7 Å². The van der Waals surface area contributed by atoms with Crippen molar-refractivity contribution in [3.8, 4) is 0 Å². The van der Waals surface area contributed by atoms with E-state index in [1.165, 1.54) is 0 Å². The van der Waals surface area contributed by atoms with Crippen LogP contribution in [0.5, 0.6) is 0 Å². The van der Waals surface area contributed by atoms with Crippen molar-refractivity contribution in [2.45, 2.75) is 56.6 Å². The molecule has 4 bridgehead atoms. The lowest BCUT2D eigenvalue weighted by atomic mass is 9.52. The van der Waals surface area contributed by atoms with Gasteiger partial charge in [-0.05, 0) is 80.8 Å². The van der Waals surface area contributed by atoms with Gasteiger partial charge in [-0.3, -0.25) is 4.79 Å². The number of hydrogen-bond acceptors (Lipinski definition) is 5. The highest BCUT2D eigenvalue weighted by Crippen LogP contribution is 2.55. The predicted molar refractivity (Wildman–Crippen MR) is 106 cm³/mol. The molecule has 1 aliphatic heterocycles. The van der Waals surface area contributed by atoms with E-state index in [4.69, 9.17) is 0 Å². The highest BCUT2D eigenvalue weighted by Gasteiger charge is 2.55. The molecule has 1 saturated heterocycles. The van der Waals surface area contributed by atoms with Crippen LogP contribution in [-0.4, -0.2) is 52.4 Å². The lowest BCUT2D eigenvalue weighted by Gasteiger charge is -2.58. The maximum Gasteiger partial charge on any atom is 0.270 e. The molecule has 4 saturated carbocycles. The highest BCUT2D eigenvalue weighted by atomic mass is 16.3. The van der Waals surface area contributed by atoms with Crippen LogP contribution in [0.25, 0.3) is 0 Å². The minimum absolute atomic E-state index is 0.0865. The van der Waals surface area contributed by atoms with E-state index in [-0.39, 0.29) is 18.6 Å². The molecule has 6 rings (SSSR count). The Balaban J connectivity index is 1.26. The van der Waals surface area contributed by atoms with Crippen LogP contribution in [0, 0.1) is 23.7 Å². The Morgan fingerprint density at radius 3 is 2.54 bits per heavy atom. The fraction of sp³-hybridized carbons (Fsp3) is 0.727. The third-order valence-corrected chi connectivity index (χ3v) is 7.70. The van der Waals surface area contributed by atoms with E-state index in [1.54, 1.807) is 6.07 Å². The number of aliphatic hydroxyl groups excluding tert-OH is 1. The molecule has 1 aromatic heterocycles. The van der Waals surface area contributed by atoms with Crippen molar-refractivity contribution in [3.63, 3.8) is 0 Å². The minimum atomic E-state index is -0.476. The van der Waals surface area contributed by atoms with Gasteiger partial charge in [0.2, 0.25) is 0 Å². The van der Waals surface area contributed by atoms with Crippen LogP contribution in [0.2, 0.25) is 0 Å². The zero-order valence-electron chi connectivity index (χ0n) is 16.4. The summed E-state index contributed by atoms with van der Waals surface area (Å²) in [5.41, 5.74) is 0.00522.